The highest BCUT2D eigenvalue weighted by Crippen LogP contribution is 2.11. The third-order valence-electron chi connectivity index (χ3n) is 3.37. The zero-order chi connectivity index (χ0) is 17.4. The van der Waals surface area contributed by atoms with E-state index in [1.807, 2.05) is 38.1 Å². The van der Waals surface area contributed by atoms with E-state index in [0.29, 0.717) is 31.3 Å². The van der Waals surface area contributed by atoms with Crippen molar-refractivity contribution in [1.82, 2.24) is 15.3 Å². The topological polar surface area (TPSA) is 73.3 Å². The molecule has 0 atom stereocenters. The minimum atomic E-state index is -0.194. The summed E-state index contributed by atoms with van der Waals surface area (Å²) in [6, 6.07) is 9.71. The first-order valence-corrected chi connectivity index (χ1v) is 7.91. The highest BCUT2D eigenvalue weighted by Gasteiger charge is 2.07. The molecular formula is C18H23N3O3. The van der Waals surface area contributed by atoms with Crippen LogP contribution in [0.5, 0.6) is 5.88 Å². The number of carbonyl (C=O) groups is 1. The van der Waals surface area contributed by atoms with Gasteiger partial charge in [-0.15, -0.1) is 0 Å². The molecule has 0 bridgehead atoms. The van der Waals surface area contributed by atoms with Crippen LogP contribution in [0.2, 0.25) is 0 Å². The number of benzene rings is 1. The van der Waals surface area contributed by atoms with Gasteiger partial charge in [0.15, 0.2) is 6.61 Å². The number of amides is 1. The van der Waals surface area contributed by atoms with Crippen molar-refractivity contribution in [2.75, 3.05) is 13.7 Å². The lowest BCUT2D eigenvalue weighted by Crippen LogP contribution is -2.28. The lowest BCUT2D eigenvalue weighted by atomic mass is 10.1. The molecule has 1 aromatic heterocycles. The second kappa shape index (κ2) is 8.98. The van der Waals surface area contributed by atoms with E-state index in [2.05, 4.69) is 15.3 Å². The minimum absolute atomic E-state index is 0.0849. The van der Waals surface area contributed by atoms with Crippen molar-refractivity contribution in [2.24, 2.45) is 0 Å². The summed E-state index contributed by atoms with van der Waals surface area (Å²) in [6.07, 6.45) is 0.688. The number of ether oxygens (including phenoxy) is 2. The lowest BCUT2D eigenvalue weighted by molar-refractivity contribution is -0.123. The van der Waals surface area contributed by atoms with Gasteiger partial charge in [0.2, 0.25) is 5.88 Å². The van der Waals surface area contributed by atoms with Crippen molar-refractivity contribution in [1.29, 1.82) is 0 Å². The van der Waals surface area contributed by atoms with Crippen LogP contribution in [-0.4, -0.2) is 29.6 Å². The standard InChI is InChI=1S/C18H23N3O3/c1-4-16-20-15(11-23-3)9-18(21-16)24-12-17(22)19-10-14-7-5-13(2)6-8-14/h5-9H,4,10-12H2,1-3H3,(H,19,22). The highest BCUT2D eigenvalue weighted by atomic mass is 16.5. The van der Waals surface area contributed by atoms with Crippen molar-refractivity contribution in [3.63, 3.8) is 0 Å². The van der Waals surface area contributed by atoms with Crippen LogP contribution < -0.4 is 10.1 Å². The second-order valence-corrected chi connectivity index (χ2v) is 5.45. The zero-order valence-corrected chi connectivity index (χ0v) is 14.3. The molecule has 0 aliphatic heterocycles. The van der Waals surface area contributed by atoms with Crippen molar-refractivity contribution >= 4 is 5.91 Å². The predicted molar refractivity (Wildman–Crippen MR) is 90.6 cm³/mol. The fourth-order valence-corrected chi connectivity index (χ4v) is 2.08. The minimum Gasteiger partial charge on any atom is -0.467 e. The molecule has 1 aromatic carbocycles. The molecule has 1 N–H and O–H groups in total. The maximum absolute atomic E-state index is 11.9. The van der Waals surface area contributed by atoms with Gasteiger partial charge < -0.3 is 14.8 Å². The Bertz CT molecular complexity index is 672. The number of aromatic nitrogens is 2. The number of nitrogens with zero attached hydrogens (tertiary/aromatic N) is 2. The molecule has 0 unspecified atom stereocenters. The average molecular weight is 329 g/mol. The van der Waals surface area contributed by atoms with Crippen molar-refractivity contribution in [3.8, 4) is 5.88 Å². The maximum Gasteiger partial charge on any atom is 0.258 e. The summed E-state index contributed by atoms with van der Waals surface area (Å²) in [7, 11) is 1.60. The number of carbonyl (C=O) groups excluding carboxylic acids is 1. The second-order valence-electron chi connectivity index (χ2n) is 5.45. The molecule has 2 rings (SSSR count). The first-order valence-electron chi connectivity index (χ1n) is 7.91. The molecule has 0 spiro atoms. The first kappa shape index (κ1) is 17.9. The Morgan fingerprint density at radius 1 is 1.21 bits per heavy atom. The fraction of sp³-hybridized carbons (Fsp3) is 0.389. The number of rotatable bonds is 8. The molecule has 0 saturated heterocycles. The van der Waals surface area contributed by atoms with Crippen LogP contribution >= 0.6 is 0 Å². The molecule has 1 heterocycles. The summed E-state index contributed by atoms with van der Waals surface area (Å²) in [5.41, 5.74) is 2.97. The van der Waals surface area contributed by atoms with Crippen LogP contribution in [0, 0.1) is 6.92 Å². The number of nitrogens with one attached hydrogen (secondary N) is 1. The van der Waals surface area contributed by atoms with Gasteiger partial charge in [-0.1, -0.05) is 36.8 Å². The number of hydrogen-bond acceptors (Lipinski definition) is 5. The van der Waals surface area contributed by atoms with Crippen LogP contribution in [0.3, 0.4) is 0 Å². The third-order valence-corrected chi connectivity index (χ3v) is 3.37. The monoisotopic (exact) mass is 329 g/mol. The van der Waals surface area contributed by atoms with Crippen LogP contribution in [0.4, 0.5) is 0 Å². The predicted octanol–water partition coefficient (Wildman–Crippen LogP) is 2.19. The molecule has 0 aliphatic carbocycles. The van der Waals surface area contributed by atoms with Gasteiger partial charge in [-0.25, -0.2) is 4.98 Å². The number of methoxy groups -OCH3 is 1. The van der Waals surface area contributed by atoms with E-state index < -0.39 is 0 Å². The Kier molecular flexibility index (Phi) is 6.69. The molecule has 2 aromatic rings. The molecule has 128 valence electrons. The van der Waals surface area contributed by atoms with Crippen molar-refractivity contribution in [3.05, 3.63) is 53.0 Å². The molecular weight excluding hydrogens is 306 g/mol. The van der Waals surface area contributed by atoms with Crippen LogP contribution in [0.1, 0.15) is 29.6 Å². The summed E-state index contributed by atoms with van der Waals surface area (Å²) >= 11 is 0. The summed E-state index contributed by atoms with van der Waals surface area (Å²) in [5, 5.41) is 2.83. The van der Waals surface area contributed by atoms with Crippen LogP contribution in [0.15, 0.2) is 30.3 Å². The molecule has 1 amide bonds. The highest BCUT2D eigenvalue weighted by molar-refractivity contribution is 5.77. The SMILES string of the molecule is CCc1nc(COC)cc(OCC(=O)NCc2ccc(C)cc2)n1. The van der Waals surface area contributed by atoms with Crippen molar-refractivity contribution < 1.29 is 14.3 Å². The van der Waals surface area contributed by atoms with Gasteiger partial charge >= 0.3 is 0 Å². The Balaban J connectivity index is 1.86. The summed E-state index contributed by atoms with van der Waals surface area (Å²) in [6.45, 7) is 4.76. The zero-order valence-electron chi connectivity index (χ0n) is 14.3. The van der Waals surface area contributed by atoms with E-state index in [1.54, 1.807) is 13.2 Å². The van der Waals surface area contributed by atoms with E-state index in [0.717, 1.165) is 11.3 Å². The molecule has 6 heteroatoms. The van der Waals surface area contributed by atoms with E-state index in [-0.39, 0.29) is 12.5 Å². The fourth-order valence-electron chi connectivity index (χ4n) is 2.08. The Labute approximate surface area is 142 Å². The Morgan fingerprint density at radius 2 is 1.96 bits per heavy atom. The van der Waals surface area contributed by atoms with Crippen LogP contribution in [0.25, 0.3) is 0 Å². The summed E-state index contributed by atoms with van der Waals surface area (Å²) in [4.78, 5) is 20.5. The number of aryl methyl sites for hydroxylation is 2. The Morgan fingerprint density at radius 3 is 2.62 bits per heavy atom. The molecule has 0 saturated carbocycles. The largest absolute Gasteiger partial charge is 0.467 e. The normalized spacial score (nSPS) is 10.5. The van der Waals surface area contributed by atoms with E-state index in [9.17, 15) is 4.79 Å². The smallest absolute Gasteiger partial charge is 0.258 e. The van der Waals surface area contributed by atoms with Crippen LogP contribution in [-0.2, 0) is 29.1 Å². The quantitative estimate of drug-likeness (QED) is 0.803. The summed E-state index contributed by atoms with van der Waals surface area (Å²) in [5.74, 6) is 0.861. The van der Waals surface area contributed by atoms with Gasteiger partial charge in [-0.2, -0.15) is 4.98 Å². The van der Waals surface area contributed by atoms with Gasteiger partial charge in [-0.3, -0.25) is 4.79 Å². The van der Waals surface area contributed by atoms with E-state index >= 15 is 0 Å². The average Bonchev–Trinajstić information content (AvgIpc) is 2.59. The van der Waals surface area contributed by atoms with E-state index in [1.165, 1.54) is 5.56 Å². The molecule has 0 fully saturated rings. The third kappa shape index (κ3) is 5.62. The molecule has 24 heavy (non-hydrogen) atoms. The molecule has 6 nitrogen and oxygen atoms in total. The molecule has 0 radical (unpaired) electrons. The van der Waals surface area contributed by atoms with E-state index in [4.69, 9.17) is 9.47 Å². The van der Waals surface area contributed by atoms with Gasteiger partial charge in [0.25, 0.3) is 5.91 Å². The molecule has 0 aliphatic rings. The maximum atomic E-state index is 11.9. The van der Waals surface area contributed by atoms with Crippen molar-refractivity contribution in [2.45, 2.75) is 33.4 Å². The van der Waals surface area contributed by atoms with Gasteiger partial charge in [0.05, 0.1) is 12.3 Å². The Hall–Kier alpha value is -2.47. The lowest BCUT2D eigenvalue weighted by Gasteiger charge is -2.09. The summed E-state index contributed by atoms with van der Waals surface area (Å²) < 4.78 is 10.6. The van der Waals surface area contributed by atoms with Gasteiger partial charge in [0, 0.05) is 26.1 Å². The first-order chi connectivity index (χ1) is 11.6. The number of hydrogen-bond donors (Lipinski definition) is 1. The van der Waals surface area contributed by atoms with Gasteiger partial charge in [0.1, 0.15) is 5.82 Å². The van der Waals surface area contributed by atoms with Gasteiger partial charge in [-0.05, 0) is 12.5 Å².